The zero-order valence-corrected chi connectivity index (χ0v) is 13.4. The Morgan fingerprint density at radius 1 is 1.39 bits per heavy atom. The second-order valence-corrected chi connectivity index (χ2v) is 5.72. The average Bonchev–Trinajstić information content (AvgIpc) is 2.55. The highest BCUT2D eigenvalue weighted by atomic mass is 16.5. The summed E-state index contributed by atoms with van der Waals surface area (Å²) in [4.78, 5) is 27.1. The first-order valence-corrected chi connectivity index (χ1v) is 7.72. The molecule has 6 heteroatoms. The van der Waals surface area contributed by atoms with Gasteiger partial charge in [-0.15, -0.1) is 0 Å². The molecular weight excluding hydrogens is 292 g/mol. The van der Waals surface area contributed by atoms with E-state index in [4.69, 9.17) is 4.74 Å². The van der Waals surface area contributed by atoms with Crippen LogP contribution in [0.4, 0.5) is 0 Å². The standard InChI is InChI=1S/C17H20N4O2/c1-12-8-15(20-13(2)19-12)16-11-21(6-7-23-16)17(22)9-14-4-3-5-18-10-14/h3-5,8,10,16H,6-7,9,11H2,1-2H3/t16-/m1/s1. The number of carbonyl (C=O) groups excluding carboxylic acids is 1. The molecule has 1 fully saturated rings. The number of hydrogen-bond acceptors (Lipinski definition) is 5. The van der Waals surface area contributed by atoms with Gasteiger partial charge in [0.15, 0.2) is 0 Å². The zero-order chi connectivity index (χ0) is 16.2. The average molecular weight is 312 g/mol. The molecule has 0 bridgehead atoms. The van der Waals surface area contributed by atoms with Gasteiger partial charge in [-0.1, -0.05) is 6.07 Å². The number of morpholine rings is 1. The van der Waals surface area contributed by atoms with Crippen LogP contribution in [-0.2, 0) is 16.0 Å². The largest absolute Gasteiger partial charge is 0.368 e. The molecule has 0 unspecified atom stereocenters. The van der Waals surface area contributed by atoms with E-state index in [0.29, 0.717) is 26.1 Å². The molecule has 0 spiro atoms. The molecule has 0 saturated carbocycles. The monoisotopic (exact) mass is 312 g/mol. The van der Waals surface area contributed by atoms with E-state index in [0.717, 1.165) is 22.8 Å². The van der Waals surface area contributed by atoms with Crippen molar-refractivity contribution < 1.29 is 9.53 Å². The number of aromatic nitrogens is 3. The Bertz CT molecular complexity index is 670. The maximum Gasteiger partial charge on any atom is 0.227 e. The molecule has 1 aliphatic rings. The van der Waals surface area contributed by atoms with Gasteiger partial charge in [-0.05, 0) is 31.5 Å². The van der Waals surface area contributed by atoms with E-state index < -0.39 is 0 Å². The number of rotatable bonds is 3. The molecule has 0 N–H and O–H groups in total. The van der Waals surface area contributed by atoms with E-state index >= 15 is 0 Å². The molecular formula is C17H20N4O2. The predicted octanol–water partition coefficient (Wildman–Crippen LogP) is 1.63. The number of carbonyl (C=O) groups is 1. The SMILES string of the molecule is Cc1cc([C@H]2CN(C(=O)Cc3cccnc3)CCO2)nc(C)n1. The first-order chi connectivity index (χ1) is 11.1. The Kier molecular flexibility index (Phi) is 4.62. The van der Waals surface area contributed by atoms with Gasteiger partial charge in [0, 0.05) is 24.6 Å². The summed E-state index contributed by atoms with van der Waals surface area (Å²) in [5.41, 5.74) is 2.68. The Labute approximate surface area is 135 Å². The normalized spacial score (nSPS) is 18.0. The predicted molar refractivity (Wildman–Crippen MR) is 84.7 cm³/mol. The Morgan fingerprint density at radius 3 is 3.00 bits per heavy atom. The fraction of sp³-hybridized carbons (Fsp3) is 0.412. The van der Waals surface area contributed by atoms with E-state index in [1.165, 1.54) is 0 Å². The molecule has 1 saturated heterocycles. The van der Waals surface area contributed by atoms with Crippen molar-refractivity contribution in [2.45, 2.75) is 26.4 Å². The van der Waals surface area contributed by atoms with Crippen molar-refractivity contribution in [2.24, 2.45) is 0 Å². The van der Waals surface area contributed by atoms with Gasteiger partial charge in [0.2, 0.25) is 5.91 Å². The van der Waals surface area contributed by atoms with Crippen LogP contribution in [0, 0.1) is 13.8 Å². The van der Waals surface area contributed by atoms with E-state index in [1.807, 2.05) is 36.9 Å². The highest BCUT2D eigenvalue weighted by Gasteiger charge is 2.26. The first kappa shape index (κ1) is 15.6. The van der Waals surface area contributed by atoms with Gasteiger partial charge in [-0.2, -0.15) is 0 Å². The minimum Gasteiger partial charge on any atom is -0.368 e. The molecule has 120 valence electrons. The lowest BCUT2D eigenvalue weighted by atomic mass is 10.1. The number of nitrogens with zero attached hydrogens (tertiary/aromatic N) is 4. The highest BCUT2D eigenvalue weighted by molar-refractivity contribution is 5.78. The van der Waals surface area contributed by atoms with E-state index in [-0.39, 0.29) is 12.0 Å². The smallest absolute Gasteiger partial charge is 0.227 e. The van der Waals surface area contributed by atoms with Gasteiger partial charge in [-0.25, -0.2) is 9.97 Å². The Balaban J connectivity index is 1.69. The zero-order valence-electron chi connectivity index (χ0n) is 13.4. The number of amides is 1. The quantitative estimate of drug-likeness (QED) is 0.861. The summed E-state index contributed by atoms with van der Waals surface area (Å²) in [6.07, 6.45) is 3.61. The maximum absolute atomic E-state index is 12.5. The lowest BCUT2D eigenvalue weighted by molar-refractivity contribution is -0.138. The Morgan fingerprint density at radius 2 is 2.26 bits per heavy atom. The molecule has 0 aliphatic carbocycles. The van der Waals surface area contributed by atoms with Crippen molar-refractivity contribution in [1.82, 2.24) is 19.9 Å². The van der Waals surface area contributed by atoms with E-state index in [2.05, 4.69) is 15.0 Å². The third-order valence-electron chi connectivity index (χ3n) is 3.81. The summed E-state index contributed by atoms with van der Waals surface area (Å²) in [5, 5.41) is 0. The molecule has 2 aromatic heterocycles. The lowest BCUT2D eigenvalue weighted by Gasteiger charge is -2.33. The third kappa shape index (κ3) is 3.90. The van der Waals surface area contributed by atoms with Crippen molar-refractivity contribution >= 4 is 5.91 Å². The summed E-state index contributed by atoms with van der Waals surface area (Å²) >= 11 is 0. The molecule has 1 aliphatic heterocycles. The number of ether oxygens (including phenoxy) is 1. The molecule has 23 heavy (non-hydrogen) atoms. The van der Waals surface area contributed by atoms with Crippen LogP contribution in [-0.4, -0.2) is 45.5 Å². The van der Waals surface area contributed by atoms with Crippen LogP contribution < -0.4 is 0 Å². The molecule has 3 rings (SSSR count). The minimum absolute atomic E-state index is 0.0915. The maximum atomic E-state index is 12.5. The van der Waals surface area contributed by atoms with Crippen LogP contribution >= 0.6 is 0 Å². The molecule has 0 aromatic carbocycles. The molecule has 6 nitrogen and oxygen atoms in total. The summed E-state index contributed by atoms with van der Waals surface area (Å²) in [7, 11) is 0. The van der Waals surface area contributed by atoms with Crippen LogP contribution in [0.3, 0.4) is 0 Å². The Hall–Kier alpha value is -2.34. The van der Waals surface area contributed by atoms with Gasteiger partial charge >= 0.3 is 0 Å². The fourth-order valence-electron chi connectivity index (χ4n) is 2.75. The van der Waals surface area contributed by atoms with Crippen LogP contribution in [0.1, 0.15) is 28.9 Å². The molecule has 0 radical (unpaired) electrons. The van der Waals surface area contributed by atoms with Gasteiger partial charge in [0.05, 0.1) is 25.3 Å². The van der Waals surface area contributed by atoms with E-state index in [9.17, 15) is 4.79 Å². The van der Waals surface area contributed by atoms with E-state index in [1.54, 1.807) is 12.4 Å². The highest BCUT2D eigenvalue weighted by Crippen LogP contribution is 2.21. The number of hydrogen-bond donors (Lipinski definition) is 0. The van der Waals surface area contributed by atoms with Crippen LogP contribution in [0.15, 0.2) is 30.6 Å². The van der Waals surface area contributed by atoms with Crippen molar-refractivity contribution in [3.63, 3.8) is 0 Å². The third-order valence-corrected chi connectivity index (χ3v) is 3.81. The van der Waals surface area contributed by atoms with Crippen molar-refractivity contribution in [3.8, 4) is 0 Å². The fourth-order valence-corrected chi connectivity index (χ4v) is 2.75. The number of pyridine rings is 1. The van der Waals surface area contributed by atoms with Crippen LogP contribution in [0.2, 0.25) is 0 Å². The van der Waals surface area contributed by atoms with Crippen LogP contribution in [0.25, 0.3) is 0 Å². The van der Waals surface area contributed by atoms with Crippen molar-refractivity contribution in [1.29, 1.82) is 0 Å². The second-order valence-electron chi connectivity index (χ2n) is 5.72. The lowest BCUT2D eigenvalue weighted by Crippen LogP contribution is -2.43. The first-order valence-electron chi connectivity index (χ1n) is 7.72. The molecule has 1 atom stereocenters. The van der Waals surface area contributed by atoms with Crippen LogP contribution in [0.5, 0.6) is 0 Å². The summed E-state index contributed by atoms with van der Waals surface area (Å²) in [5.74, 6) is 0.816. The van der Waals surface area contributed by atoms with Crippen molar-refractivity contribution in [2.75, 3.05) is 19.7 Å². The van der Waals surface area contributed by atoms with Gasteiger partial charge < -0.3 is 9.64 Å². The van der Waals surface area contributed by atoms with Gasteiger partial charge in [-0.3, -0.25) is 9.78 Å². The van der Waals surface area contributed by atoms with Gasteiger partial charge in [0.25, 0.3) is 0 Å². The number of aryl methyl sites for hydroxylation is 2. The van der Waals surface area contributed by atoms with Gasteiger partial charge in [0.1, 0.15) is 11.9 Å². The molecule has 1 amide bonds. The minimum atomic E-state index is -0.193. The molecule has 2 aromatic rings. The summed E-state index contributed by atoms with van der Waals surface area (Å²) in [6.45, 7) is 5.45. The topological polar surface area (TPSA) is 68.2 Å². The summed E-state index contributed by atoms with van der Waals surface area (Å²) < 4.78 is 5.81. The summed E-state index contributed by atoms with van der Waals surface area (Å²) in [6, 6.07) is 5.68. The second kappa shape index (κ2) is 6.83. The van der Waals surface area contributed by atoms with Crippen molar-refractivity contribution in [3.05, 3.63) is 53.4 Å². The molecule has 3 heterocycles.